The molecule has 1 heterocycles. The molecule has 20 heavy (non-hydrogen) atoms. The molecule has 1 N–H and O–H groups in total. The molecule has 0 atom stereocenters. The number of rotatable bonds is 2. The minimum absolute atomic E-state index is 0.0577. The van der Waals surface area contributed by atoms with Crippen molar-refractivity contribution in [3.05, 3.63) is 47.8 Å². The van der Waals surface area contributed by atoms with Gasteiger partial charge in [-0.15, -0.1) is 0 Å². The second kappa shape index (κ2) is 15.6. The fraction of sp³-hybridized carbons (Fsp3) is 0.500. The van der Waals surface area contributed by atoms with Crippen molar-refractivity contribution < 1.29 is 5.11 Å². The van der Waals surface area contributed by atoms with Crippen molar-refractivity contribution in [2.24, 2.45) is 0 Å². The highest BCUT2D eigenvalue weighted by molar-refractivity contribution is 5.72. The molecule has 0 saturated carbocycles. The molecule has 0 aliphatic heterocycles. The fourth-order valence-electron chi connectivity index (χ4n) is 1.49. The van der Waals surface area contributed by atoms with E-state index < -0.39 is 0 Å². The van der Waals surface area contributed by atoms with Crippen molar-refractivity contribution in [1.82, 2.24) is 4.98 Å². The van der Waals surface area contributed by atoms with E-state index in [1.807, 2.05) is 53.7 Å². The maximum Gasteiger partial charge on any atom is 0.0698 e. The van der Waals surface area contributed by atoms with E-state index in [0.29, 0.717) is 0 Å². The Morgan fingerprint density at radius 2 is 1.65 bits per heavy atom. The van der Waals surface area contributed by atoms with E-state index in [1.54, 1.807) is 6.20 Å². The second-order valence-electron chi connectivity index (χ2n) is 3.35. The zero-order valence-corrected chi connectivity index (χ0v) is 14.0. The van der Waals surface area contributed by atoms with Crippen molar-refractivity contribution in [1.29, 1.82) is 0 Å². The van der Waals surface area contributed by atoms with Gasteiger partial charge in [0.2, 0.25) is 0 Å². The Kier molecular flexibility index (Phi) is 16.3. The molecule has 0 saturated heterocycles. The predicted molar refractivity (Wildman–Crippen MR) is 90.6 cm³/mol. The van der Waals surface area contributed by atoms with E-state index in [1.165, 1.54) is 5.57 Å². The zero-order valence-electron chi connectivity index (χ0n) is 14.0. The van der Waals surface area contributed by atoms with Crippen molar-refractivity contribution in [2.75, 3.05) is 0 Å². The van der Waals surface area contributed by atoms with Crippen LogP contribution in [0, 0.1) is 0 Å². The van der Waals surface area contributed by atoms with Crippen LogP contribution in [-0.4, -0.2) is 10.1 Å². The Labute approximate surface area is 125 Å². The summed E-state index contributed by atoms with van der Waals surface area (Å²) in [6.45, 7) is 12.1. The Balaban J connectivity index is 0. The molecule has 114 valence electrons. The number of aliphatic hydroxyl groups excluding tert-OH is 1. The summed E-state index contributed by atoms with van der Waals surface area (Å²) in [6.07, 6.45) is 10.4. The van der Waals surface area contributed by atoms with Gasteiger partial charge in [-0.1, -0.05) is 65.8 Å². The first-order chi connectivity index (χ1) is 9.90. The first-order valence-corrected chi connectivity index (χ1v) is 7.83. The highest BCUT2D eigenvalue weighted by Gasteiger charge is 2.01. The average molecular weight is 277 g/mol. The van der Waals surface area contributed by atoms with Crippen molar-refractivity contribution in [2.45, 2.75) is 61.0 Å². The van der Waals surface area contributed by atoms with Crippen LogP contribution in [-0.2, 0) is 6.61 Å². The van der Waals surface area contributed by atoms with Crippen LogP contribution in [0.2, 0.25) is 0 Å². The summed E-state index contributed by atoms with van der Waals surface area (Å²) >= 11 is 0. The lowest BCUT2D eigenvalue weighted by atomic mass is 10.0. The second-order valence-corrected chi connectivity index (χ2v) is 3.35. The van der Waals surface area contributed by atoms with E-state index in [-0.39, 0.29) is 6.61 Å². The summed E-state index contributed by atoms with van der Waals surface area (Å²) in [5.74, 6) is 0. The number of hydrogen-bond acceptors (Lipinski definition) is 2. The van der Waals surface area contributed by atoms with E-state index in [4.69, 9.17) is 5.11 Å². The molecular formula is C18H31NO. The van der Waals surface area contributed by atoms with Crippen LogP contribution in [0.25, 0.3) is 5.57 Å². The predicted octanol–water partition coefficient (Wildman–Crippen LogP) is 5.39. The number of pyridine rings is 1. The standard InChI is InChI=1S/C12H13NO.3C2H6/c14-9-10-6-7-12(13-8-10)11-4-2-1-3-5-11;3*1-2/h2,4-8,14H,1,3,9H2;3*1-2H3. The molecule has 2 nitrogen and oxygen atoms in total. The lowest BCUT2D eigenvalue weighted by Gasteiger charge is -2.06. The molecule has 0 spiro atoms. The summed E-state index contributed by atoms with van der Waals surface area (Å²) < 4.78 is 0. The Morgan fingerprint density at radius 3 is 2.05 bits per heavy atom. The molecule has 1 aliphatic rings. The molecule has 1 aromatic heterocycles. The smallest absolute Gasteiger partial charge is 0.0698 e. The van der Waals surface area contributed by atoms with Gasteiger partial charge in [-0.05, 0) is 30.0 Å². The number of aliphatic hydroxyl groups is 1. The molecule has 0 amide bonds. The van der Waals surface area contributed by atoms with Gasteiger partial charge in [0.1, 0.15) is 0 Å². The SMILES string of the molecule is CC.CC.CC.OCc1ccc(C2=CCCC=C2)nc1. The lowest BCUT2D eigenvalue weighted by Crippen LogP contribution is -1.92. The number of hydrogen-bond donors (Lipinski definition) is 1. The first kappa shape index (κ1) is 20.9. The van der Waals surface area contributed by atoms with Gasteiger partial charge in [-0.3, -0.25) is 4.98 Å². The van der Waals surface area contributed by atoms with E-state index in [9.17, 15) is 0 Å². The van der Waals surface area contributed by atoms with Crippen LogP contribution in [0.1, 0.15) is 65.6 Å². The Morgan fingerprint density at radius 1 is 1.00 bits per heavy atom. The van der Waals surface area contributed by atoms with Crippen LogP contribution in [0.5, 0.6) is 0 Å². The fourth-order valence-corrected chi connectivity index (χ4v) is 1.49. The zero-order chi connectivity index (χ0) is 15.8. The summed E-state index contributed by atoms with van der Waals surface area (Å²) in [5, 5.41) is 8.87. The molecule has 2 rings (SSSR count). The maximum absolute atomic E-state index is 8.87. The molecular weight excluding hydrogens is 246 g/mol. The van der Waals surface area contributed by atoms with Gasteiger partial charge in [-0.25, -0.2) is 0 Å². The summed E-state index contributed by atoms with van der Waals surface area (Å²) in [4.78, 5) is 4.29. The molecule has 1 aliphatic carbocycles. The van der Waals surface area contributed by atoms with Crippen LogP contribution in [0.4, 0.5) is 0 Å². The highest BCUT2D eigenvalue weighted by Crippen LogP contribution is 2.19. The third-order valence-electron chi connectivity index (χ3n) is 2.30. The molecule has 0 unspecified atom stereocenters. The van der Waals surface area contributed by atoms with Gasteiger partial charge in [0.25, 0.3) is 0 Å². The Hall–Kier alpha value is -1.41. The third kappa shape index (κ3) is 7.90. The summed E-state index contributed by atoms with van der Waals surface area (Å²) in [6, 6.07) is 3.86. The highest BCUT2D eigenvalue weighted by atomic mass is 16.3. The summed E-state index contributed by atoms with van der Waals surface area (Å²) in [5.41, 5.74) is 3.02. The van der Waals surface area contributed by atoms with Gasteiger partial charge >= 0.3 is 0 Å². The van der Waals surface area contributed by atoms with Gasteiger partial charge in [-0.2, -0.15) is 0 Å². The van der Waals surface area contributed by atoms with Crippen molar-refractivity contribution in [3.63, 3.8) is 0 Å². The number of nitrogens with zero attached hydrogens (tertiary/aromatic N) is 1. The molecule has 2 heteroatoms. The van der Waals surface area contributed by atoms with Crippen molar-refractivity contribution >= 4 is 5.57 Å². The average Bonchev–Trinajstić information content (AvgIpc) is 2.61. The van der Waals surface area contributed by atoms with E-state index >= 15 is 0 Å². The minimum Gasteiger partial charge on any atom is -0.392 e. The van der Waals surface area contributed by atoms with Gasteiger partial charge in [0.05, 0.1) is 12.3 Å². The van der Waals surface area contributed by atoms with Crippen molar-refractivity contribution in [3.8, 4) is 0 Å². The van der Waals surface area contributed by atoms with Gasteiger partial charge < -0.3 is 5.11 Å². The van der Waals surface area contributed by atoms with Crippen LogP contribution in [0.15, 0.2) is 36.6 Å². The van der Waals surface area contributed by atoms with Crippen LogP contribution < -0.4 is 0 Å². The first-order valence-electron chi connectivity index (χ1n) is 7.83. The monoisotopic (exact) mass is 277 g/mol. The molecule has 0 aromatic carbocycles. The minimum atomic E-state index is 0.0577. The van der Waals surface area contributed by atoms with Gasteiger partial charge in [0, 0.05) is 6.20 Å². The lowest BCUT2D eigenvalue weighted by molar-refractivity contribution is 0.281. The van der Waals surface area contributed by atoms with Crippen LogP contribution >= 0.6 is 0 Å². The maximum atomic E-state index is 8.87. The summed E-state index contributed by atoms with van der Waals surface area (Å²) in [7, 11) is 0. The molecule has 0 fully saturated rings. The number of allylic oxidation sites excluding steroid dienone is 4. The van der Waals surface area contributed by atoms with Gasteiger partial charge in [0.15, 0.2) is 0 Å². The van der Waals surface area contributed by atoms with E-state index in [2.05, 4.69) is 23.2 Å². The van der Waals surface area contributed by atoms with E-state index in [0.717, 1.165) is 24.1 Å². The van der Waals surface area contributed by atoms with Crippen LogP contribution in [0.3, 0.4) is 0 Å². The number of aromatic nitrogens is 1. The largest absolute Gasteiger partial charge is 0.392 e. The Bertz CT molecular complexity index is 364. The topological polar surface area (TPSA) is 33.1 Å². The molecule has 1 aromatic rings. The normalized spacial score (nSPS) is 11.7. The quantitative estimate of drug-likeness (QED) is 0.786. The third-order valence-corrected chi connectivity index (χ3v) is 2.30. The molecule has 0 bridgehead atoms. The molecule has 0 radical (unpaired) electrons.